The fraction of sp³-hybridized carbons (Fsp3) is 0.536. The van der Waals surface area contributed by atoms with Gasteiger partial charge < -0.3 is 19.5 Å². The van der Waals surface area contributed by atoms with Gasteiger partial charge in [-0.3, -0.25) is 4.79 Å². The van der Waals surface area contributed by atoms with Gasteiger partial charge in [0, 0.05) is 42.6 Å². The van der Waals surface area contributed by atoms with Crippen molar-refractivity contribution in [2.24, 2.45) is 5.92 Å². The van der Waals surface area contributed by atoms with Gasteiger partial charge in [0.05, 0.1) is 12.7 Å². The monoisotopic (exact) mass is 469 g/mol. The Labute approximate surface area is 201 Å². The summed E-state index contributed by atoms with van der Waals surface area (Å²) in [7, 11) is 0. The fourth-order valence-corrected chi connectivity index (χ4v) is 5.36. The van der Waals surface area contributed by atoms with Gasteiger partial charge in [0.15, 0.2) is 0 Å². The van der Waals surface area contributed by atoms with Crippen LogP contribution in [-0.4, -0.2) is 40.7 Å². The number of amides is 1. The van der Waals surface area contributed by atoms with Gasteiger partial charge >= 0.3 is 0 Å². The number of hydrogen-bond donors (Lipinski definition) is 1. The topological polar surface area (TPSA) is 59.0 Å². The van der Waals surface area contributed by atoms with E-state index in [1.807, 2.05) is 18.7 Å². The van der Waals surface area contributed by atoms with Crippen molar-refractivity contribution in [3.8, 4) is 11.5 Å². The number of halogens is 1. The molecule has 2 aliphatic rings. The third-order valence-corrected chi connectivity index (χ3v) is 6.91. The Hall–Kier alpha value is -2.60. The molecule has 5 nitrogen and oxygen atoms in total. The van der Waals surface area contributed by atoms with Gasteiger partial charge in [-0.1, -0.05) is 13.8 Å². The van der Waals surface area contributed by atoms with Crippen molar-refractivity contribution in [3.05, 3.63) is 58.9 Å². The number of aliphatic hydroxyl groups is 1. The maximum atomic E-state index is 14.0. The molecule has 2 heterocycles. The number of carbonyl (C=O) groups is 1. The molecule has 2 aliphatic heterocycles. The van der Waals surface area contributed by atoms with E-state index in [4.69, 9.17) is 9.47 Å². The Balaban J connectivity index is 1.48. The quantitative estimate of drug-likeness (QED) is 0.590. The summed E-state index contributed by atoms with van der Waals surface area (Å²) in [6.45, 7) is 9.26. The molecule has 34 heavy (non-hydrogen) atoms. The molecule has 1 spiro atoms. The first kappa shape index (κ1) is 24.5. The average Bonchev–Trinajstić information content (AvgIpc) is 2.79. The van der Waals surface area contributed by atoms with E-state index < -0.39 is 0 Å². The second-order valence-electron chi connectivity index (χ2n) is 10.4. The Morgan fingerprint density at radius 3 is 2.56 bits per heavy atom. The molecule has 0 aromatic heterocycles. The summed E-state index contributed by atoms with van der Waals surface area (Å²) in [5, 5.41) is 9.75. The van der Waals surface area contributed by atoms with Gasteiger partial charge in [-0.25, -0.2) is 4.39 Å². The number of ether oxygens (including phenoxy) is 2. The SMILES string of the molecule is CC(C)C[C@@H]1CC2(CCN(C(=O)c3ccc(OC(C)C)c(CO)c3)CC2)Oc2ccc(F)cc21. The summed E-state index contributed by atoms with van der Waals surface area (Å²) < 4.78 is 26.2. The molecular formula is C28H36FNO4. The van der Waals surface area contributed by atoms with Gasteiger partial charge in [-0.05, 0) is 74.9 Å². The van der Waals surface area contributed by atoms with Gasteiger partial charge in [-0.15, -0.1) is 0 Å². The molecule has 2 aromatic carbocycles. The molecule has 0 aliphatic carbocycles. The first-order valence-corrected chi connectivity index (χ1v) is 12.4. The lowest BCUT2D eigenvalue weighted by Crippen LogP contribution is -2.51. The highest BCUT2D eigenvalue weighted by atomic mass is 19.1. The second kappa shape index (κ2) is 9.95. The van der Waals surface area contributed by atoms with Gasteiger partial charge in [0.2, 0.25) is 0 Å². The van der Waals surface area contributed by atoms with Gasteiger partial charge in [0.25, 0.3) is 5.91 Å². The van der Waals surface area contributed by atoms with E-state index in [1.54, 1.807) is 30.3 Å². The highest BCUT2D eigenvalue weighted by Gasteiger charge is 2.44. The number of benzene rings is 2. The Morgan fingerprint density at radius 2 is 1.91 bits per heavy atom. The minimum absolute atomic E-state index is 0.0122. The minimum atomic E-state index is -0.327. The number of aliphatic hydroxyl groups excluding tert-OH is 1. The maximum absolute atomic E-state index is 14.0. The molecule has 184 valence electrons. The first-order valence-electron chi connectivity index (χ1n) is 12.4. The highest BCUT2D eigenvalue weighted by molar-refractivity contribution is 5.94. The summed E-state index contributed by atoms with van der Waals surface area (Å²) in [5.41, 5.74) is 1.81. The van der Waals surface area contributed by atoms with Crippen molar-refractivity contribution in [3.63, 3.8) is 0 Å². The standard InChI is InChI=1S/C28H36FNO4/c1-18(2)13-21-16-28(34-26-8-6-23(29)15-24(21)26)9-11-30(12-10-28)27(32)20-5-7-25(33-19(3)4)22(14-20)17-31/h5-8,14-15,18-19,21,31H,9-13,16-17H2,1-4H3/t21-/m1/s1. The Morgan fingerprint density at radius 1 is 1.18 bits per heavy atom. The van der Waals surface area contributed by atoms with Gasteiger partial charge in [-0.2, -0.15) is 0 Å². The zero-order valence-corrected chi connectivity index (χ0v) is 20.6. The lowest BCUT2D eigenvalue weighted by Gasteiger charge is -2.47. The van der Waals surface area contributed by atoms with Crippen molar-refractivity contribution in [2.45, 2.75) is 77.6 Å². The molecule has 0 unspecified atom stereocenters. The maximum Gasteiger partial charge on any atom is 0.253 e. The average molecular weight is 470 g/mol. The fourth-order valence-electron chi connectivity index (χ4n) is 5.36. The van der Waals surface area contributed by atoms with Crippen LogP contribution in [0.5, 0.6) is 11.5 Å². The van der Waals surface area contributed by atoms with Crippen molar-refractivity contribution in [1.82, 2.24) is 4.90 Å². The molecule has 4 rings (SSSR count). The molecular weight excluding hydrogens is 433 g/mol. The van der Waals surface area contributed by atoms with E-state index in [9.17, 15) is 14.3 Å². The number of hydrogen-bond acceptors (Lipinski definition) is 4. The minimum Gasteiger partial charge on any atom is -0.491 e. The second-order valence-corrected chi connectivity index (χ2v) is 10.4. The molecule has 0 saturated carbocycles. The third-order valence-electron chi connectivity index (χ3n) is 6.91. The van der Waals surface area contributed by atoms with E-state index >= 15 is 0 Å². The van der Waals surface area contributed by atoms with Crippen LogP contribution < -0.4 is 9.47 Å². The number of fused-ring (bicyclic) bond motifs is 1. The molecule has 6 heteroatoms. The number of likely N-dealkylation sites (tertiary alicyclic amines) is 1. The normalized spacial score (nSPS) is 19.3. The van der Waals surface area contributed by atoms with Crippen molar-refractivity contribution < 1.29 is 23.8 Å². The number of rotatable bonds is 6. The van der Waals surface area contributed by atoms with E-state index in [0.717, 1.165) is 37.0 Å². The van der Waals surface area contributed by atoms with Crippen LogP contribution in [-0.2, 0) is 6.61 Å². The van der Waals surface area contributed by atoms with Crippen LogP contribution in [0, 0.1) is 11.7 Å². The lowest BCUT2D eigenvalue weighted by atomic mass is 9.74. The van der Waals surface area contributed by atoms with Crippen LogP contribution in [0.25, 0.3) is 0 Å². The molecule has 1 amide bonds. The van der Waals surface area contributed by atoms with E-state index in [1.165, 1.54) is 6.07 Å². The van der Waals surface area contributed by atoms with Crippen LogP contribution in [0.4, 0.5) is 4.39 Å². The largest absolute Gasteiger partial charge is 0.491 e. The van der Waals surface area contributed by atoms with E-state index in [2.05, 4.69) is 13.8 Å². The zero-order valence-electron chi connectivity index (χ0n) is 20.6. The first-order chi connectivity index (χ1) is 16.2. The summed E-state index contributed by atoms with van der Waals surface area (Å²) in [5.74, 6) is 1.88. The van der Waals surface area contributed by atoms with Crippen molar-refractivity contribution in [1.29, 1.82) is 0 Å². The van der Waals surface area contributed by atoms with E-state index in [-0.39, 0.29) is 36.0 Å². The van der Waals surface area contributed by atoms with Crippen LogP contribution in [0.3, 0.4) is 0 Å². The Kier molecular flexibility index (Phi) is 7.17. The highest BCUT2D eigenvalue weighted by Crippen LogP contribution is 2.47. The van der Waals surface area contributed by atoms with Crippen LogP contribution >= 0.6 is 0 Å². The number of carbonyl (C=O) groups excluding carboxylic acids is 1. The summed E-state index contributed by atoms with van der Waals surface area (Å²) in [6.07, 6.45) is 3.30. The molecule has 2 aromatic rings. The molecule has 0 bridgehead atoms. The number of piperidine rings is 1. The molecule has 1 N–H and O–H groups in total. The predicted molar refractivity (Wildman–Crippen MR) is 130 cm³/mol. The predicted octanol–water partition coefficient (Wildman–Crippen LogP) is 5.69. The smallest absolute Gasteiger partial charge is 0.253 e. The summed E-state index contributed by atoms with van der Waals surface area (Å²) >= 11 is 0. The van der Waals surface area contributed by atoms with Crippen LogP contribution in [0.1, 0.15) is 80.8 Å². The third kappa shape index (κ3) is 5.22. The molecule has 0 radical (unpaired) electrons. The lowest BCUT2D eigenvalue weighted by molar-refractivity contribution is -0.0197. The molecule has 1 saturated heterocycles. The van der Waals surface area contributed by atoms with Crippen molar-refractivity contribution >= 4 is 5.91 Å². The zero-order chi connectivity index (χ0) is 24.5. The molecule has 1 atom stereocenters. The van der Waals surface area contributed by atoms with E-state index in [0.29, 0.717) is 35.9 Å². The molecule has 1 fully saturated rings. The van der Waals surface area contributed by atoms with Crippen molar-refractivity contribution in [2.75, 3.05) is 13.1 Å². The summed E-state index contributed by atoms with van der Waals surface area (Å²) in [4.78, 5) is 15.1. The van der Waals surface area contributed by atoms with Crippen LogP contribution in [0.15, 0.2) is 36.4 Å². The van der Waals surface area contributed by atoms with Crippen LogP contribution in [0.2, 0.25) is 0 Å². The number of nitrogens with zero attached hydrogens (tertiary/aromatic N) is 1. The summed E-state index contributed by atoms with van der Waals surface area (Å²) in [6, 6.07) is 10.1. The Bertz CT molecular complexity index is 1030. The van der Waals surface area contributed by atoms with Gasteiger partial charge in [0.1, 0.15) is 22.9 Å².